The van der Waals surface area contributed by atoms with Gasteiger partial charge in [0.15, 0.2) is 5.76 Å². The van der Waals surface area contributed by atoms with Gasteiger partial charge in [0.25, 0.3) is 0 Å². The van der Waals surface area contributed by atoms with E-state index < -0.39 is 0 Å². The fraction of sp³-hybridized carbons (Fsp3) is 0.571. The number of likely N-dealkylation sites (tertiary alicyclic amines) is 1. The fourth-order valence-corrected chi connectivity index (χ4v) is 2.64. The molecule has 20 heavy (non-hydrogen) atoms. The zero-order valence-corrected chi connectivity index (χ0v) is 11.5. The lowest BCUT2D eigenvalue weighted by atomic mass is 9.93. The molecule has 0 radical (unpaired) electrons. The monoisotopic (exact) mass is 277 g/mol. The van der Waals surface area contributed by atoms with Crippen LogP contribution in [0.3, 0.4) is 0 Å². The van der Waals surface area contributed by atoms with Crippen molar-refractivity contribution in [1.82, 2.24) is 15.0 Å². The summed E-state index contributed by atoms with van der Waals surface area (Å²) < 4.78 is 10.5. The van der Waals surface area contributed by atoms with E-state index in [1.807, 2.05) is 6.92 Å². The van der Waals surface area contributed by atoms with Gasteiger partial charge in [-0.05, 0) is 44.4 Å². The van der Waals surface area contributed by atoms with Crippen molar-refractivity contribution in [1.29, 1.82) is 0 Å². The average Bonchev–Trinajstić information content (AvgIpc) is 3.09. The van der Waals surface area contributed by atoms with Crippen LogP contribution in [0.4, 0.5) is 0 Å². The van der Waals surface area contributed by atoms with E-state index in [0.717, 1.165) is 25.9 Å². The molecule has 0 aromatic carbocycles. The lowest BCUT2D eigenvalue weighted by molar-refractivity contribution is 0.0556. The summed E-state index contributed by atoms with van der Waals surface area (Å²) >= 11 is 0. The molecule has 2 aromatic heterocycles. The molecular formula is C14H19N3O3. The van der Waals surface area contributed by atoms with Gasteiger partial charge in [-0.2, -0.15) is 4.98 Å². The van der Waals surface area contributed by atoms with Gasteiger partial charge < -0.3 is 14.0 Å². The van der Waals surface area contributed by atoms with Gasteiger partial charge >= 0.3 is 0 Å². The van der Waals surface area contributed by atoms with E-state index in [1.54, 1.807) is 18.4 Å². The molecule has 0 bridgehead atoms. The number of hydrogen-bond acceptors (Lipinski definition) is 6. The summed E-state index contributed by atoms with van der Waals surface area (Å²) in [5.74, 6) is 2.01. The first-order valence-corrected chi connectivity index (χ1v) is 6.99. The second-order valence-electron chi connectivity index (χ2n) is 5.37. The Kier molecular flexibility index (Phi) is 3.84. The SMILES string of the molecule is C[C@H](O)[C@H]1CCCN(Cc2nc(-c3ccco3)no2)C1. The highest BCUT2D eigenvalue weighted by Gasteiger charge is 2.24. The quantitative estimate of drug-likeness (QED) is 0.920. The molecule has 1 aliphatic heterocycles. The molecule has 1 fully saturated rings. The number of hydrogen-bond donors (Lipinski definition) is 1. The van der Waals surface area contributed by atoms with Crippen molar-refractivity contribution in [2.45, 2.75) is 32.4 Å². The predicted octanol–water partition coefficient (Wildman–Crippen LogP) is 1.92. The molecule has 1 aliphatic rings. The molecule has 108 valence electrons. The summed E-state index contributed by atoms with van der Waals surface area (Å²) in [5, 5.41) is 13.6. The topological polar surface area (TPSA) is 75.5 Å². The fourth-order valence-electron chi connectivity index (χ4n) is 2.64. The minimum Gasteiger partial charge on any atom is -0.461 e. The molecule has 2 aromatic rings. The molecule has 0 unspecified atom stereocenters. The van der Waals surface area contributed by atoms with Gasteiger partial charge in [0, 0.05) is 6.54 Å². The van der Waals surface area contributed by atoms with Crippen molar-refractivity contribution < 1.29 is 14.0 Å². The van der Waals surface area contributed by atoms with Gasteiger partial charge in [0.1, 0.15) is 0 Å². The van der Waals surface area contributed by atoms with Crippen molar-refractivity contribution in [3.8, 4) is 11.6 Å². The van der Waals surface area contributed by atoms with Gasteiger partial charge in [-0.1, -0.05) is 5.16 Å². The predicted molar refractivity (Wildman–Crippen MR) is 71.7 cm³/mol. The molecular weight excluding hydrogens is 258 g/mol. The Morgan fingerprint density at radius 2 is 2.45 bits per heavy atom. The maximum Gasteiger partial charge on any atom is 0.241 e. The number of piperidine rings is 1. The van der Waals surface area contributed by atoms with E-state index in [1.165, 1.54) is 0 Å². The van der Waals surface area contributed by atoms with E-state index in [9.17, 15) is 5.11 Å². The van der Waals surface area contributed by atoms with Gasteiger partial charge in [-0.25, -0.2) is 0 Å². The maximum atomic E-state index is 9.70. The molecule has 6 nitrogen and oxygen atoms in total. The Morgan fingerprint density at radius 1 is 1.55 bits per heavy atom. The molecule has 0 spiro atoms. The zero-order chi connectivity index (χ0) is 13.9. The first-order chi connectivity index (χ1) is 9.72. The first kappa shape index (κ1) is 13.3. The summed E-state index contributed by atoms with van der Waals surface area (Å²) in [6.45, 7) is 4.35. The van der Waals surface area contributed by atoms with Crippen LogP contribution in [0.1, 0.15) is 25.7 Å². The van der Waals surface area contributed by atoms with Crippen LogP contribution in [-0.4, -0.2) is 39.3 Å². The Balaban J connectivity index is 1.63. The first-order valence-electron chi connectivity index (χ1n) is 6.99. The minimum absolute atomic E-state index is 0.265. The lowest BCUT2D eigenvalue weighted by Crippen LogP contribution is -2.39. The highest BCUT2D eigenvalue weighted by atomic mass is 16.5. The number of aliphatic hydroxyl groups excluding tert-OH is 1. The van der Waals surface area contributed by atoms with E-state index in [0.29, 0.717) is 29.9 Å². The third kappa shape index (κ3) is 2.91. The summed E-state index contributed by atoms with van der Waals surface area (Å²) in [6, 6.07) is 3.60. The Hall–Kier alpha value is -1.66. The smallest absolute Gasteiger partial charge is 0.241 e. The van der Waals surface area contributed by atoms with Crippen molar-refractivity contribution >= 4 is 0 Å². The van der Waals surface area contributed by atoms with Crippen molar-refractivity contribution in [3.63, 3.8) is 0 Å². The second kappa shape index (κ2) is 5.76. The van der Waals surface area contributed by atoms with Crippen LogP contribution in [0.2, 0.25) is 0 Å². The van der Waals surface area contributed by atoms with E-state index >= 15 is 0 Å². The van der Waals surface area contributed by atoms with Gasteiger partial charge in [0.2, 0.25) is 11.7 Å². The minimum atomic E-state index is -0.265. The van der Waals surface area contributed by atoms with Crippen molar-refractivity contribution in [2.24, 2.45) is 5.92 Å². The Morgan fingerprint density at radius 3 is 3.20 bits per heavy atom. The molecule has 0 amide bonds. The van der Waals surface area contributed by atoms with E-state index in [4.69, 9.17) is 8.94 Å². The summed E-state index contributed by atoms with van der Waals surface area (Å²) in [5.41, 5.74) is 0. The maximum absolute atomic E-state index is 9.70. The second-order valence-corrected chi connectivity index (χ2v) is 5.37. The van der Waals surface area contributed by atoms with Crippen molar-refractivity contribution in [3.05, 3.63) is 24.3 Å². The van der Waals surface area contributed by atoms with Crippen LogP contribution in [0.5, 0.6) is 0 Å². The Labute approximate surface area is 117 Å². The van der Waals surface area contributed by atoms with Gasteiger partial charge in [-0.3, -0.25) is 4.90 Å². The largest absolute Gasteiger partial charge is 0.461 e. The van der Waals surface area contributed by atoms with Crippen LogP contribution >= 0.6 is 0 Å². The van der Waals surface area contributed by atoms with Crippen LogP contribution in [0, 0.1) is 5.92 Å². The van der Waals surface area contributed by atoms with Crippen molar-refractivity contribution in [2.75, 3.05) is 13.1 Å². The molecule has 2 atom stereocenters. The van der Waals surface area contributed by atoms with E-state index in [-0.39, 0.29) is 6.10 Å². The Bertz CT molecular complexity index is 536. The highest BCUT2D eigenvalue weighted by Crippen LogP contribution is 2.22. The highest BCUT2D eigenvalue weighted by molar-refractivity contribution is 5.44. The number of aliphatic hydroxyl groups is 1. The standard InChI is InChI=1S/C14H19N3O3/c1-10(18)11-4-2-6-17(8-11)9-13-15-14(16-20-13)12-5-3-7-19-12/h3,5,7,10-11,18H,2,4,6,8-9H2,1H3/t10-,11-/m0/s1. The number of furan rings is 1. The summed E-state index contributed by atoms with van der Waals surface area (Å²) in [7, 11) is 0. The molecule has 0 aliphatic carbocycles. The molecule has 3 heterocycles. The van der Waals surface area contributed by atoms with Gasteiger partial charge in [0.05, 0.1) is 18.9 Å². The average molecular weight is 277 g/mol. The molecule has 3 rings (SSSR count). The molecule has 1 N–H and O–H groups in total. The van der Waals surface area contributed by atoms with Crippen LogP contribution < -0.4 is 0 Å². The van der Waals surface area contributed by atoms with Crippen LogP contribution in [-0.2, 0) is 6.54 Å². The molecule has 6 heteroatoms. The van der Waals surface area contributed by atoms with Crippen LogP contribution in [0.15, 0.2) is 27.3 Å². The molecule has 0 saturated carbocycles. The lowest BCUT2D eigenvalue weighted by Gasteiger charge is -2.33. The van der Waals surface area contributed by atoms with Gasteiger partial charge in [-0.15, -0.1) is 0 Å². The third-order valence-corrected chi connectivity index (χ3v) is 3.79. The summed E-state index contributed by atoms with van der Waals surface area (Å²) in [4.78, 5) is 6.59. The normalized spacial score (nSPS) is 22.0. The molecule has 1 saturated heterocycles. The zero-order valence-electron chi connectivity index (χ0n) is 11.5. The third-order valence-electron chi connectivity index (χ3n) is 3.79. The summed E-state index contributed by atoms with van der Waals surface area (Å²) in [6.07, 6.45) is 3.49. The number of nitrogens with zero attached hydrogens (tertiary/aromatic N) is 3. The van der Waals surface area contributed by atoms with E-state index in [2.05, 4.69) is 15.0 Å². The number of rotatable bonds is 4. The van der Waals surface area contributed by atoms with Crippen LogP contribution in [0.25, 0.3) is 11.6 Å². The number of aromatic nitrogens is 2.